The van der Waals surface area contributed by atoms with E-state index in [-0.39, 0.29) is 13.6 Å². The Balaban J connectivity index is 0.00000289. The van der Waals surface area contributed by atoms with Gasteiger partial charge in [-0.2, -0.15) is 11.8 Å². The van der Waals surface area contributed by atoms with Crippen molar-refractivity contribution >= 4 is 34.9 Å². The number of carbonyl (C=O) groups is 1. The second kappa shape index (κ2) is 10.9. The second-order valence-corrected chi connectivity index (χ2v) is 10.8. The predicted molar refractivity (Wildman–Crippen MR) is 142 cm³/mol. The largest absolute Gasteiger partial charge is 0.474 e. The van der Waals surface area contributed by atoms with Crippen LogP contribution in [0.4, 0.5) is 21.9 Å². The smallest absolute Gasteiger partial charge is 0.323 e. The van der Waals surface area contributed by atoms with E-state index in [9.17, 15) is 4.79 Å². The van der Waals surface area contributed by atoms with E-state index in [2.05, 4.69) is 56.4 Å². The van der Waals surface area contributed by atoms with Crippen LogP contribution in [0.15, 0.2) is 42.6 Å². The number of likely N-dealkylation sites (N-methyl/N-ethyl adjacent to an activating group) is 1. The molecule has 184 valence electrons. The highest BCUT2D eigenvalue weighted by Crippen LogP contribution is 2.29. The topological polar surface area (TPSA) is 69.7 Å². The van der Waals surface area contributed by atoms with Gasteiger partial charge in [0.15, 0.2) is 0 Å². The lowest BCUT2D eigenvalue weighted by atomic mass is 10.1. The zero-order chi connectivity index (χ0) is 23.3. The number of urea groups is 1. The lowest BCUT2D eigenvalue weighted by molar-refractivity contribution is 0.200. The number of carbonyl (C=O) groups excluding carboxylic acids is 1. The number of nitrogens with one attached hydrogen (secondary N) is 2. The maximum atomic E-state index is 12.4. The minimum absolute atomic E-state index is 0. The fourth-order valence-electron chi connectivity index (χ4n) is 5.20. The second-order valence-electron chi connectivity index (χ2n) is 9.61. The van der Waals surface area contributed by atoms with Gasteiger partial charge in [-0.1, -0.05) is 0 Å². The molecule has 2 atom stereocenters. The minimum atomic E-state index is -0.281. The summed E-state index contributed by atoms with van der Waals surface area (Å²) in [5.74, 6) is 3.18. The Morgan fingerprint density at radius 2 is 1.82 bits per heavy atom. The van der Waals surface area contributed by atoms with Crippen molar-refractivity contribution in [1.82, 2.24) is 9.88 Å². The number of hydrogen-bond donors (Lipinski definition) is 2. The van der Waals surface area contributed by atoms with Crippen LogP contribution in [0.25, 0.3) is 0 Å². The highest BCUT2D eigenvalue weighted by molar-refractivity contribution is 7.99. The Morgan fingerprint density at radius 3 is 2.53 bits per heavy atom. The van der Waals surface area contributed by atoms with Crippen LogP contribution in [0, 0.1) is 0 Å². The van der Waals surface area contributed by atoms with Gasteiger partial charge >= 0.3 is 6.03 Å². The van der Waals surface area contributed by atoms with E-state index < -0.39 is 0 Å². The molecule has 1 aromatic heterocycles. The number of aromatic nitrogens is 1. The van der Waals surface area contributed by atoms with Crippen LogP contribution in [-0.2, 0) is 0 Å². The van der Waals surface area contributed by atoms with Crippen molar-refractivity contribution in [3.8, 4) is 5.88 Å². The van der Waals surface area contributed by atoms with Crippen LogP contribution >= 0.6 is 11.8 Å². The zero-order valence-corrected chi connectivity index (χ0v) is 20.7. The SMILES string of the molecule is CN(C1CCSC1)C1CCN(c2ccc(NC(=O)Nc3ccc(OC4CCCC4)nc3)cc2)C1.[HH]. The molecule has 34 heavy (non-hydrogen) atoms. The number of benzene rings is 1. The van der Waals surface area contributed by atoms with Crippen molar-refractivity contribution < 1.29 is 11.0 Å². The van der Waals surface area contributed by atoms with Crippen molar-refractivity contribution in [2.24, 2.45) is 0 Å². The number of amides is 2. The average molecular weight is 484 g/mol. The van der Waals surface area contributed by atoms with Gasteiger partial charge in [0.05, 0.1) is 11.9 Å². The molecule has 1 saturated carbocycles. The quantitative estimate of drug-likeness (QED) is 0.556. The molecule has 3 aliphatic rings. The summed E-state index contributed by atoms with van der Waals surface area (Å²) in [6, 6.07) is 12.8. The van der Waals surface area contributed by atoms with Crippen molar-refractivity contribution in [2.45, 2.75) is 56.7 Å². The lowest BCUT2D eigenvalue weighted by Crippen LogP contribution is -2.41. The summed E-state index contributed by atoms with van der Waals surface area (Å²) in [5.41, 5.74) is 2.62. The van der Waals surface area contributed by atoms with E-state index in [0.717, 1.165) is 37.7 Å². The third kappa shape index (κ3) is 5.78. The van der Waals surface area contributed by atoms with Crippen molar-refractivity contribution in [3.63, 3.8) is 0 Å². The molecule has 1 aliphatic carbocycles. The molecule has 0 radical (unpaired) electrons. The first kappa shape index (κ1) is 23.3. The normalized spacial score (nSPS) is 22.9. The Bertz CT molecular complexity index is 949. The van der Waals surface area contributed by atoms with E-state index >= 15 is 0 Å². The number of thioether (sulfide) groups is 1. The van der Waals surface area contributed by atoms with E-state index in [1.807, 2.05) is 24.3 Å². The number of anilines is 3. The monoisotopic (exact) mass is 483 g/mol. The molecule has 3 heterocycles. The molecule has 1 aromatic carbocycles. The number of ether oxygens (including phenoxy) is 1. The van der Waals surface area contributed by atoms with Crippen LogP contribution in [0.2, 0.25) is 0 Å². The summed E-state index contributed by atoms with van der Waals surface area (Å²) in [5, 5.41) is 5.75. The fraction of sp³-hybridized carbons (Fsp3) is 0.538. The Kier molecular flexibility index (Phi) is 7.45. The molecule has 2 N–H and O–H groups in total. The molecule has 2 unspecified atom stereocenters. The standard InChI is InChI=1S/C26H35N5O2S.H2/c1-30(23-13-15-34-18-23)22-12-14-31(17-22)21-9-6-19(7-10-21)28-26(32)29-20-8-11-25(27-16-20)33-24-4-2-3-5-24;/h6-11,16,22-24H,2-5,12-15,17-18H2,1H3,(H2,28,29,32);1H. The van der Waals surface area contributed by atoms with Gasteiger partial charge in [-0.15, -0.1) is 0 Å². The van der Waals surface area contributed by atoms with Gasteiger partial charge in [-0.3, -0.25) is 4.90 Å². The van der Waals surface area contributed by atoms with Gasteiger partial charge in [0.2, 0.25) is 5.88 Å². The maximum Gasteiger partial charge on any atom is 0.323 e. The Labute approximate surface area is 208 Å². The molecular weight excluding hydrogens is 446 g/mol. The van der Waals surface area contributed by atoms with E-state index in [0.29, 0.717) is 17.6 Å². The molecule has 0 bridgehead atoms. The number of rotatable bonds is 7. The van der Waals surface area contributed by atoms with Crippen molar-refractivity contribution in [2.75, 3.05) is 47.2 Å². The average Bonchev–Trinajstić information content (AvgIpc) is 3.63. The molecule has 7 nitrogen and oxygen atoms in total. The molecule has 2 aromatic rings. The van der Waals surface area contributed by atoms with Crippen LogP contribution in [0.1, 0.15) is 40.0 Å². The van der Waals surface area contributed by atoms with Crippen molar-refractivity contribution in [1.29, 1.82) is 0 Å². The Hall–Kier alpha value is -2.45. The number of hydrogen-bond acceptors (Lipinski definition) is 6. The lowest BCUT2D eigenvalue weighted by Gasteiger charge is -2.30. The zero-order valence-electron chi connectivity index (χ0n) is 19.9. The van der Waals surface area contributed by atoms with E-state index in [1.165, 1.54) is 42.9 Å². The van der Waals surface area contributed by atoms with Gasteiger partial charge in [0, 0.05) is 49.8 Å². The first-order valence-electron chi connectivity index (χ1n) is 12.5. The predicted octanol–water partition coefficient (Wildman–Crippen LogP) is 5.31. The summed E-state index contributed by atoms with van der Waals surface area (Å²) in [6.45, 7) is 2.15. The number of nitrogens with zero attached hydrogens (tertiary/aromatic N) is 3. The van der Waals surface area contributed by atoms with Gasteiger partial charge in [0.1, 0.15) is 6.10 Å². The molecule has 8 heteroatoms. The third-order valence-corrected chi connectivity index (χ3v) is 8.44. The minimum Gasteiger partial charge on any atom is -0.474 e. The van der Waals surface area contributed by atoms with Gasteiger partial charge in [-0.25, -0.2) is 9.78 Å². The van der Waals surface area contributed by atoms with E-state index in [4.69, 9.17) is 4.74 Å². The summed E-state index contributed by atoms with van der Waals surface area (Å²) in [7, 11) is 2.29. The third-order valence-electron chi connectivity index (χ3n) is 7.30. The van der Waals surface area contributed by atoms with Gasteiger partial charge < -0.3 is 20.3 Å². The molecule has 2 amide bonds. The molecule has 2 saturated heterocycles. The molecule has 5 rings (SSSR count). The molecule has 0 spiro atoms. The Morgan fingerprint density at radius 1 is 1.06 bits per heavy atom. The summed E-state index contributed by atoms with van der Waals surface area (Å²) >= 11 is 2.08. The maximum absolute atomic E-state index is 12.4. The van der Waals surface area contributed by atoms with Crippen LogP contribution in [0.3, 0.4) is 0 Å². The van der Waals surface area contributed by atoms with Crippen molar-refractivity contribution in [3.05, 3.63) is 42.6 Å². The first-order chi connectivity index (χ1) is 16.6. The first-order valence-corrected chi connectivity index (χ1v) is 13.6. The molecule has 2 aliphatic heterocycles. The van der Waals surface area contributed by atoms with E-state index in [1.54, 1.807) is 6.20 Å². The molecule has 3 fully saturated rings. The van der Waals surface area contributed by atoms with Crippen LogP contribution < -0.4 is 20.3 Å². The highest BCUT2D eigenvalue weighted by Gasteiger charge is 2.31. The summed E-state index contributed by atoms with van der Waals surface area (Å²) in [6.07, 6.45) is 9.07. The summed E-state index contributed by atoms with van der Waals surface area (Å²) < 4.78 is 5.88. The highest BCUT2D eigenvalue weighted by atomic mass is 32.2. The van der Waals surface area contributed by atoms with Crippen LogP contribution in [0.5, 0.6) is 5.88 Å². The molecular formula is C26H37N5O2S. The van der Waals surface area contributed by atoms with Crippen LogP contribution in [-0.4, -0.2) is 65.7 Å². The fourth-order valence-corrected chi connectivity index (χ4v) is 6.48. The van der Waals surface area contributed by atoms with Gasteiger partial charge in [0.25, 0.3) is 0 Å². The summed E-state index contributed by atoms with van der Waals surface area (Å²) in [4.78, 5) is 21.8. The van der Waals surface area contributed by atoms with Gasteiger partial charge in [-0.05, 0) is 81.7 Å². The number of pyridine rings is 1.